The zero-order valence-corrected chi connectivity index (χ0v) is 13.8. The molecule has 3 rings (SSSR count). The zero-order valence-electron chi connectivity index (χ0n) is 13.0. The summed E-state index contributed by atoms with van der Waals surface area (Å²) in [6.07, 6.45) is 5.04. The Bertz CT molecular complexity index is 834. The Morgan fingerprint density at radius 3 is 2.33 bits per heavy atom. The maximum absolute atomic E-state index is 11.8. The van der Waals surface area contributed by atoms with Gasteiger partial charge in [0.1, 0.15) is 0 Å². The van der Waals surface area contributed by atoms with Gasteiger partial charge in [-0.15, -0.1) is 0 Å². The van der Waals surface area contributed by atoms with Crippen LogP contribution in [0.15, 0.2) is 41.6 Å². The average Bonchev–Trinajstić information content (AvgIpc) is 2.92. The molecule has 0 saturated carbocycles. The van der Waals surface area contributed by atoms with Gasteiger partial charge in [-0.1, -0.05) is 0 Å². The highest BCUT2D eigenvalue weighted by Crippen LogP contribution is 2.38. The number of hydrogen-bond acceptors (Lipinski definition) is 6. The third kappa shape index (κ3) is 3.11. The number of nitrogens with zero attached hydrogens (tertiary/aromatic N) is 1. The van der Waals surface area contributed by atoms with E-state index in [2.05, 4.69) is 10.3 Å². The van der Waals surface area contributed by atoms with E-state index in [0.717, 1.165) is 28.5 Å². The number of nitrogens with one attached hydrogen (secondary N) is 1. The maximum Gasteiger partial charge on any atom is 0.290 e. The number of imide groups is 1. The number of carbonyl (C=O) groups is 2. The minimum atomic E-state index is -0.402. The lowest BCUT2D eigenvalue weighted by Crippen LogP contribution is -2.17. The van der Waals surface area contributed by atoms with Crippen LogP contribution in [0.2, 0.25) is 0 Å². The minimum absolute atomic E-state index is 0.336. The Morgan fingerprint density at radius 2 is 1.75 bits per heavy atom. The predicted octanol–water partition coefficient (Wildman–Crippen LogP) is 3.09. The van der Waals surface area contributed by atoms with Crippen LogP contribution in [-0.4, -0.2) is 30.3 Å². The fourth-order valence-electron chi connectivity index (χ4n) is 2.36. The Balaban J connectivity index is 2.18. The fourth-order valence-corrected chi connectivity index (χ4v) is 3.03. The van der Waals surface area contributed by atoms with Crippen molar-refractivity contribution in [2.24, 2.45) is 0 Å². The Hall–Kier alpha value is -2.80. The SMILES string of the molecule is COc1cc(C=C2SC(=O)NC2=O)c(-c2ccncc2)cc1OC. The van der Waals surface area contributed by atoms with Gasteiger partial charge in [0.05, 0.1) is 19.1 Å². The summed E-state index contributed by atoms with van der Waals surface area (Å²) in [5, 5.41) is 1.87. The average molecular weight is 342 g/mol. The summed E-state index contributed by atoms with van der Waals surface area (Å²) in [6.45, 7) is 0. The quantitative estimate of drug-likeness (QED) is 0.861. The topological polar surface area (TPSA) is 77.5 Å². The number of amides is 2. The van der Waals surface area contributed by atoms with E-state index < -0.39 is 5.91 Å². The van der Waals surface area contributed by atoms with Crippen LogP contribution in [0.3, 0.4) is 0 Å². The van der Waals surface area contributed by atoms with Crippen LogP contribution in [0.5, 0.6) is 11.5 Å². The summed E-state index contributed by atoms with van der Waals surface area (Å²) in [7, 11) is 3.10. The number of aromatic nitrogens is 1. The Morgan fingerprint density at radius 1 is 1.08 bits per heavy atom. The molecule has 2 heterocycles. The van der Waals surface area contributed by atoms with Crippen molar-refractivity contribution in [2.75, 3.05) is 14.2 Å². The van der Waals surface area contributed by atoms with Gasteiger partial charge in [0.15, 0.2) is 11.5 Å². The van der Waals surface area contributed by atoms with Gasteiger partial charge in [0.25, 0.3) is 11.1 Å². The van der Waals surface area contributed by atoms with Gasteiger partial charge >= 0.3 is 0 Å². The number of ether oxygens (including phenoxy) is 2. The van der Waals surface area contributed by atoms with Crippen LogP contribution in [0, 0.1) is 0 Å². The fraction of sp³-hybridized carbons (Fsp3) is 0.118. The van der Waals surface area contributed by atoms with Crippen LogP contribution >= 0.6 is 11.8 Å². The second-order valence-electron chi connectivity index (χ2n) is 4.88. The molecule has 0 spiro atoms. The molecule has 1 aromatic carbocycles. The first kappa shape index (κ1) is 16.1. The first-order chi connectivity index (χ1) is 11.6. The first-order valence-corrected chi connectivity index (χ1v) is 7.85. The number of pyridine rings is 1. The lowest BCUT2D eigenvalue weighted by Gasteiger charge is -2.13. The van der Waals surface area contributed by atoms with Crippen molar-refractivity contribution >= 4 is 29.0 Å². The summed E-state index contributed by atoms with van der Waals surface area (Å²) in [5.41, 5.74) is 2.49. The van der Waals surface area contributed by atoms with Crippen molar-refractivity contribution in [2.45, 2.75) is 0 Å². The van der Waals surface area contributed by atoms with Gasteiger partial charge in [-0.25, -0.2) is 0 Å². The summed E-state index contributed by atoms with van der Waals surface area (Å²) in [5.74, 6) is 0.711. The van der Waals surface area contributed by atoms with E-state index in [1.165, 1.54) is 0 Å². The zero-order chi connectivity index (χ0) is 17.1. The molecule has 2 amide bonds. The van der Waals surface area contributed by atoms with Gasteiger partial charge in [0, 0.05) is 12.4 Å². The number of rotatable bonds is 4. The molecule has 0 bridgehead atoms. The second-order valence-corrected chi connectivity index (χ2v) is 5.90. The smallest absolute Gasteiger partial charge is 0.290 e. The van der Waals surface area contributed by atoms with E-state index in [4.69, 9.17) is 9.47 Å². The van der Waals surface area contributed by atoms with Gasteiger partial charge in [-0.2, -0.15) is 0 Å². The third-order valence-electron chi connectivity index (χ3n) is 3.48. The molecule has 1 saturated heterocycles. The molecule has 7 heteroatoms. The molecule has 2 aromatic rings. The molecular formula is C17H14N2O4S. The number of methoxy groups -OCH3 is 2. The van der Waals surface area contributed by atoms with E-state index in [1.807, 2.05) is 18.2 Å². The molecule has 0 atom stereocenters. The molecule has 1 fully saturated rings. The maximum atomic E-state index is 11.8. The largest absolute Gasteiger partial charge is 0.493 e. The Labute approximate surface area is 142 Å². The van der Waals surface area contributed by atoms with Gasteiger partial charge in [0.2, 0.25) is 0 Å². The molecule has 1 N–H and O–H groups in total. The van der Waals surface area contributed by atoms with Crippen LogP contribution in [-0.2, 0) is 4.79 Å². The van der Waals surface area contributed by atoms with Crippen molar-refractivity contribution in [1.82, 2.24) is 10.3 Å². The molecule has 1 aromatic heterocycles. The first-order valence-electron chi connectivity index (χ1n) is 7.03. The number of thioether (sulfide) groups is 1. The second kappa shape index (κ2) is 6.76. The van der Waals surface area contributed by atoms with Crippen LogP contribution in [0.25, 0.3) is 17.2 Å². The molecule has 122 valence electrons. The highest BCUT2D eigenvalue weighted by Gasteiger charge is 2.25. The summed E-state index contributed by atoms with van der Waals surface area (Å²) >= 11 is 0.873. The molecule has 6 nitrogen and oxygen atoms in total. The third-order valence-corrected chi connectivity index (χ3v) is 4.29. The van der Waals surface area contributed by atoms with Crippen LogP contribution in [0.1, 0.15) is 5.56 Å². The molecule has 24 heavy (non-hydrogen) atoms. The van der Waals surface area contributed by atoms with Crippen LogP contribution < -0.4 is 14.8 Å². The van der Waals surface area contributed by atoms with Crippen molar-refractivity contribution in [1.29, 1.82) is 0 Å². The van der Waals surface area contributed by atoms with E-state index in [0.29, 0.717) is 16.4 Å². The summed E-state index contributed by atoms with van der Waals surface area (Å²) in [6, 6.07) is 7.32. The number of hydrogen-bond donors (Lipinski definition) is 1. The van der Waals surface area contributed by atoms with E-state index in [1.54, 1.807) is 38.8 Å². The summed E-state index contributed by atoms with van der Waals surface area (Å²) < 4.78 is 10.7. The standard InChI is InChI=1S/C17H14N2O4S/c1-22-13-7-11(8-15-16(20)19-17(21)24-15)12(9-14(13)23-2)10-3-5-18-6-4-10/h3-9H,1-2H3,(H,19,20,21). The lowest BCUT2D eigenvalue weighted by atomic mass is 9.99. The molecule has 0 aliphatic carbocycles. The molecule has 0 radical (unpaired) electrons. The monoisotopic (exact) mass is 342 g/mol. The summed E-state index contributed by atoms with van der Waals surface area (Å²) in [4.78, 5) is 27.6. The normalized spacial score (nSPS) is 15.5. The number of carbonyl (C=O) groups excluding carboxylic acids is 2. The molecule has 0 unspecified atom stereocenters. The predicted molar refractivity (Wildman–Crippen MR) is 91.9 cm³/mol. The van der Waals surface area contributed by atoms with Gasteiger partial charge in [-0.3, -0.25) is 19.9 Å². The highest BCUT2D eigenvalue weighted by atomic mass is 32.2. The van der Waals surface area contributed by atoms with E-state index in [9.17, 15) is 9.59 Å². The minimum Gasteiger partial charge on any atom is -0.493 e. The van der Waals surface area contributed by atoms with Crippen molar-refractivity contribution in [3.63, 3.8) is 0 Å². The lowest BCUT2D eigenvalue weighted by molar-refractivity contribution is -0.115. The van der Waals surface area contributed by atoms with Crippen molar-refractivity contribution in [3.8, 4) is 22.6 Å². The van der Waals surface area contributed by atoms with Gasteiger partial charge < -0.3 is 9.47 Å². The highest BCUT2D eigenvalue weighted by molar-refractivity contribution is 8.18. The molecule has 1 aliphatic heterocycles. The van der Waals surface area contributed by atoms with E-state index in [-0.39, 0.29) is 5.24 Å². The van der Waals surface area contributed by atoms with Crippen LogP contribution in [0.4, 0.5) is 4.79 Å². The van der Waals surface area contributed by atoms with Crippen molar-refractivity contribution in [3.05, 3.63) is 47.1 Å². The number of benzene rings is 1. The van der Waals surface area contributed by atoms with Gasteiger partial charge in [-0.05, 0) is 58.8 Å². The van der Waals surface area contributed by atoms with E-state index >= 15 is 0 Å². The van der Waals surface area contributed by atoms with Crippen molar-refractivity contribution < 1.29 is 19.1 Å². The molecular weight excluding hydrogens is 328 g/mol. The molecule has 1 aliphatic rings. The Kier molecular flexibility index (Phi) is 4.52.